The number of anilines is 2. The monoisotopic (exact) mass is 225 g/mol. The molecule has 4 N–H and O–H groups in total. The van der Waals surface area contributed by atoms with Gasteiger partial charge in [0.05, 0.1) is 7.11 Å². The van der Waals surface area contributed by atoms with Gasteiger partial charge in [0.1, 0.15) is 6.33 Å². The Morgan fingerprint density at radius 3 is 2.50 bits per heavy atom. The van der Waals surface area contributed by atoms with Gasteiger partial charge in [-0.25, -0.2) is 15.8 Å². The van der Waals surface area contributed by atoms with E-state index in [2.05, 4.69) is 41.5 Å². The number of nitrogen functional groups attached to an aromatic ring is 1. The molecule has 1 aromatic rings. The van der Waals surface area contributed by atoms with Gasteiger partial charge in [-0.1, -0.05) is 6.92 Å². The van der Waals surface area contributed by atoms with Crippen LogP contribution in [-0.4, -0.2) is 22.6 Å². The minimum absolute atomic E-state index is 0.0620. The van der Waals surface area contributed by atoms with Gasteiger partial charge in [0.15, 0.2) is 11.6 Å². The number of methoxy groups -OCH3 is 1. The maximum Gasteiger partial charge on any atom is 0.205 e. The lowest BCUT2D eigenvalue weighted by Gasteiger charge is -2.26. The number of hydrogen-bond donors (Lipinski definition) is 3. The van der Waals surface area contributed by atoms with Gasteiger partial charge in [0.25, 0.3) is 0 Å². The first-order valence-electron chi connectivity index (χ1n) is 5.18. The van der Waals surface area contributed by atoms with Crippen LogP contribution < -0.4 is 21.3 Å². The maximum atomic E-state index is 5.34. The van der Waals surface area contributed by atoms with E-state index in [9.17, 15) is 0 Å². The third kappa shape index (κ3) is 2.73. The van der Waals surface area contributed by atoms with E-state index in [4.69, 9.17) is 10.6 Å². The van der Waals surface area contributed by atoms with Gasteiger partial charge in [-0.2, -0.15) is 0 Å². The number of hydrazine groups is 1. The molecular weight excluding hydrogens is 206 g/mol. The van der Waals surface area contributed by atoms with Crippen LogP contribution in [0.15, 0.2) is 6.33 Å². The highest BCUT2D eigenvalue weighted by molar-refractivity contribution is 5.63. The standard InChI is InChI=1S/C10H19N5O/c1-5-10(2,3)14-8-7(16-4)9(15-11)13-6-12-8/h6H,5,11H2,1-4H3,(H2,12,13,14,15). The number of nitrogens with one attached hydrogen (secondary N) is 2. The first kappa shape index (κ1) is 12.5. The minimum Gasteiger partial charge on any atom is -0.490 e. The zero-order valence-corrected chi connectivity index (χ0v) is 10.2. The third-order valence-electron chi connectivity index (χ3n) is 2.49. The highest BCUT2D eigenvalue weighted by Gasteiger charge is 2.19. The summed E-state index contributed by atoms with van der Waals surface area (Å²) in [6.45, 7) is 6.27. The summed E-state index contributed by atoms with van der Waals surface area (Å²) in [4.78, 5) is 8.12. The first-order chi connectivity index (χ1) is 7.54. The van der Waals surface area contributed by atoms with E-state index in [-0.39, 0.29) is 5.54 Å². The van der Waals surface area contributed by atoms with Gasteiger partial charge in [0, 0.05) is 5.54 Å². The van der Waals surface area contributed by atoms with Crippen molar-refractivity contribution < 1.29 is 4.74 Å². The van der Waals surface area contributed by atoms with Crippen molar-refractivity contribution >= 4 is 11.6 Å². The number of aromatic nitrogens is 2. The highest BCUT2D eigenvalue weighted by atomic mass is 16.5. The number of nitrogens with zero attached hydrogens (tertiary/aromatic N) is 2. The average molecular weight is 225 g/mol. The lowest BCUT2D eigenvalue weighted by molar-refractivity contribution is 0.412. The largest absolute Gasteiger partial charge is 0.490 e. The molecule has 1 rings (SSSR count). The molecule has 0 saturated carbocycles. The van der Waals surface area contributed by atoms with E-state index in [1.165, 1.54) is 6.33 Å². The molecule has 0 unspecified atom stereocenters. The molecular formula is C10H19N5O. The summed E-state index contributed by atoms with van der Waals surface area (Å²) in [5, 5.41) is 3.29. The molecule has 0 bridgehead atoms. The van der Waals surface area contributed by atoms with Crippen LogP contribution in [0.3, 0.4) is 0 Å². The Labute approximate surface area is 95.6 Å². The van der Waals surface area contributed by atoms with Crippen molar-refractivity contribution in [3.05, 3.63) is 6.33 Å². The van der Waals surface area contributed by atoms with E-state index >= 15 is 0 Å². The van der Waals surface area contributed by atoms with Crippen molar-refractivity contribution in [2.45, 2.75) is 32.7 Å². The fraction of sp³-hybridized carbons (Fsp3) is 0.600. The molecule has 0 atom stereocenters. The van der Waals surface area contributed by atoms with Crippen molar-refractivity contribution in [3.63, 3.8) is 0 Å². The Kier molecular flexibility index (Phi) is 3.89. The Bertz CT molecular complexity index is 353. The number of ether oxygens (including phenoxy) is 1. The zero-order chi connectivity index (χ0) is 12.2. The van der Waals surface area contributed by atoms with Gasteiger partial charge in [-0.3, -0.25) is 0 Å². The molecule has 0 aliphatic rings. The molecule has 0 aliphatic heterocycles. The van der Waals surface area contributed by atoms with Crippen molar-refractivity contribution in [3.8, 4) is 5.75 Å². The molecule has 1 heterocycles. The second-order valence-corrected chi connectivity index (χ2v) is 4.11. The summed E-state index contributed by atoms with van der Waals surface area (Å²) < 4.78 is 5.23. The number of nitrogens with two attached hydrogens (primary N) is 1. The van der Waals surface area contributed by atoms with Gasteiger partial charge >= 0.3 is 0 Å². The molecule has 0 amide bonds. The van der Waals surface area contributed by atoms with Gasteiger partial charge in [-0.05, 0) is 20.3 Å². The molecule has 90 valence electrons. The normalized spacial score (nSPS) is 11.1. The lowest BCUT2D eigenvalue weighted by Crippen LogP contribution is -2.30. The minimum atomic E-state index is -0.0620. The van der Waals surface area contributed by atoms with Crippen LogP contribution in [0.5, 0.6) is 5.75 Å². The van der Waals surface area contributed by atoms with Gasteiger partial charge in [0.2, 0.25) is 5.75 Å². The van der Waals surface area contributed by atoms with Crippen LogP contribution in [0.25, 0.3) is 0 Å². The van der Waals surface area contributed by atoms with Crippen LogP contribution in [0.4, 0.5) is 11.6 Å². The van der Waals surface area contributed by atoms with Crippen molar-refractivity contribution in [2.75, 3.05) is 17.9 Å². The van der Waals surface area contributed by atoms with Gasteiger partial charge in [-0.15, -0.1) is 0 Å². The predicted molar refractivity (Wildman–Crippen MR) is 64.4 cm³/mol. The maximum absolute atomic E-state index is 5.34. The SMILES string of the molecule is CCC(C)(C)Nc1ncnc(NN)c1OC. The van der Waals surface area contributed by atoms with E-state index in [1.807, 2.05) is 0 Å². The topological polar surface area (TPSA) is 85.1 Å². The summed E-state index contributed by atoms with van der Waals surface area (Å²) in [5.41, 5.74) is 2.41. The Morgan fingerprint density at radius 2 is 2.00 bits per heavy atom. The Balaban J connectivity index is 3.04. The Hall–Kier alpha value is -1.56. The van der Waals surface area contributed by atoms with Crippen LogP contribution in [0.1, 0.15) is 27.2 Å². The Morgan fingerprint density at radius 1 is 1.38 bits per heavy atom. The van der Waals surface area contributed by atoms with Crippen LogP contribution in [0, 0.1) is 0 Å². The smallest absolute Gasteiger partial charge is 0.205 e. The van der Waals surface area contributed by atoms with E-state index in [0.29, 0.717) is 17.4 Å². The molecule has 0 saturated heterocycles. The molecule has 0 radical (unpaired) electrons. The molecule has 0 spiro atoms. The molecule has 0 aliphatic carbocycles. The molecule has 0 fully saturated rings. The van der Waals surface area contributed by atoms with E-state index < -0.39 is 0 Å². The van der Waals surface area contributed by atoms with E-state index in [0.717, 1.165) is 6.42 Å². The summed E-state index contributed by atoms with van der Waals surface area (Å²) in [5.74, 6) is 6.96. The van der Waals surface area contributed by atoms with Crippen molar-refractivity contribution in [1.82, 2.24) is 9.97 Å². The lowest BCUT2D eigenvalue weighted by atomic mass is 10.0. The summed E-state index contributed by atoms with van der Waals surface area (Å²) in [7, 11) is 1.56. The quantitative estimate of drug-likeness (QED) is 0.518. The van der Waals surface area contributed by atoms with Crippen molar-refractivity contribution in [2.24, 2.45) is 5.84 Å². The van der Waals surface area contributed by atoms with Crippen molar-refractivity contribution in [1.29, 1.82) is 0 Å². The number of hydrogen-bond acceptors (Lipinski definition) is 6. The first-order valence-corrected chi connectivity index (χ1v) is 5.18. The second kappa shape index (κ2) is 4.98. The molecule has 0 aromatic carbocycles. The van der Waals surface area contributed by atoms with Crippen LogP contribution >= 0.6 is 0 Å². The predicted octanol–water partition coefficient (Wildman–Crippen LogP) is 1.37. The summed E-state index contributed by atoms with van der Waals surface area (Å²) >= 11 is 0. The second-order valence-electron chi connectivity index (χ2n) is 4.11. The zero-order valence-electron chi connectivity index (χ0n) is 10.2. The summed E-state index contributed by atoms with van der Waals surface area (Å²) in [6.07, 6.45) is 2.40. The molecule has 6 heteroatoms. The van der Waals surface area contributed by atoms with Crippen LogP contribution in [-0.2, 0) is 0 Å². The molecule has 6 nitrogen and oxygen atoms in total. The molecule has 1 aromatic heterocycles. The highest BCUT2D eigenvalue weighted by Crippen LogP contribution is 2.30. The van der Waals surface area contributed by atoms with E-state index in [1.54, 1.807) is 7.11 Å². The average Bonchev–Trinajstić information content (AvgIpc) is 2.28. The summed E-state index contributed by atoms with van der Waals surface area (Å²) in [6, 6.07) is 0. The van der Waals surface area contributed by atoms with Gasteiger partial charge < -0.3 is 15.5 Å². The molecule has 16 heavy (non-hydrogen) atoms. The third-order valence-corrected chi connectivity index (χ3v) is 2.49. The fourth-order valence-corrected chi connectivity index (χ4v) is 1.17. The number of rotatable bonds is 5. The van der Waals surface area contributed by atoms with Crippen LogP contribution in [0.2, 0.25) is 0 Å². The fourth-order valence-electron chi connectivity index (χ4n) is 1.17.